The number of nitrogens with one attached hydrogen (secondary N) is 1. The maximum absolute atomic E-state index is 10.8. The first-order valence-corrected chi connectivity index (χ1v) is 5.63. The number of nitro groups is 1. The minimum atomic E-state index is -0.486. The van der Waals surface area contributed by atoms with E-state index in [9.17, 15) is 10.1 Å². The number of ether oxygens (including phenoxy) is 2. The van der Waals surface area contributed by atoms with Crippen molar-refractivity contribution >= 4 is 11.5 Å². The first-order valence-electron chi connectivity index (χ1n) is 5.63. The molecule has 0 aromatic carbocycles. The maximum Gasteiger partial charge on any atom is 0.311 e. The van der Waals surface area contributed by atoms with Crippen molar-refractivity contribution in [3.63, 3.8) is 0 Å². The molecule has 0 saturated carbocycles. The lowest BCUT2D eigenvalue weighted by atomic mass is 10.3. The summed E-state index contributed by atoms with van der Waals surface area (Å²) in [7, 11) is 1.46. The van der Waals surface area contributed by atoms with Crippen LogP contribution in [0.1, 0.15) is 13.8 Å². The number of aromatic nitrogens is 1. The van der Waals surface area contributed by atoms with Crippen LogP contribution in [0.5, 0.6) is 5.88 Å². The molecule has 0 aliphatic rings. The molecule has 1 aromatic heterocycles. The van der Waals surface area contributed by atoms with E-state index in [-0.39, 0.29) is 17.6 Å². The summed E-state index contributed by atoms with van der Waals surface area (Å²) in [6.07, 6.45) is -0.0531. The second-order valence-electron chi connectivity index (χ2n) is 3.63. The first-order chi connectivity index (χ1) is 8.58. The highest BCUT2D eigenvalue weighted by atomic mass is 16.6. The SMILES string of the molecule is CCOC(C)CNc1nc(OC)ccc1[N+](=O)[O-]. The van der Waals surface area contributed by atoms with Crippen molar-refractivity contribution in [1.29, 1.82) is 0 Å². The molecular weight excluding hydrogens is 238 g/mol. The Hall–Kier alpha value is -1.89. The largest absolute Gasteiger partial charge is 0.481 e. The van der Waals surface area contributed by atoms with Crippen molar-refractivity contribution in [2.24, 2.45) is 0 Å². The monoisotopic (exact) mass is 255 g/mol. The summed E-state index contributed by atoms with van der Waals surface area (Å²) in [5, 5.41) is 13.7. The third kappa shape index (κ3) is 3.85. The number of rotatable bonds is 7. The highest BCUT2D eigenvalue weighted by Gasteiger charge is 2.16. The van der Waals surface area contributed by atoms with E-state index in [1.807, 2.05) is 13.8 Å². The van der Waals surface area contributed by atoms with Crippen molar-refractivity contribution in [2.75, 3.05) is 25.6 Å². The van der Waals surface area contributed by atoms with Gasteiger partial charge < -0.3 is 14.8 Å². The summed E-state index contributed by atoms with van der Waals surface area (Å²) in [4.78, 5) is 14.4. The van der Waals surface area contributed by atoms with Gasteiger partial charge in [0.2, 0.25) is 11.7 Å². The van der Waals surface area contributed by atoms with Gasteiger partial charge in [-0.25, -0.2) is 0 Å². The molecule has 7 heteroatoms. The highest BCUT2D eigenvalue weighted by molar-refractivity contribution is 5.57. The number of anilines is 1. The average Bonchev–Trinajstić information content (AvgIpc) is 2.36. The third-order valence-corrected chi connectivity index (χ3v) is 2.26. The van der Waals surface area contributed by atoms with Crippen LogP contribution in [0.4, 0.5) is 11.5 Å². The van der Waals surface area contributed by atoms with Crippen LogP contribution in [-0.4, -0.2) is 36.3 Å². The van der Waals surface area contributed by atoms with E-state index in [1.54, 1.807) is 0 Å². The zero-order valence-electron chi connectivity index (χ0n) is 10.7. The first kappa shape index (κ1) is 14.2. The second kappa shape index (κ2) is 6.75. The molecule has 0 saturated heterocycles. The quantitative estimate of drug-likeness (QED) is 0.591. The minimum Gasteiger partial charge on any atom is -0.481 e. The molecule has 0 radical (unpaired) electrons. The smallest absolute Gasteiger partial charge is 0.311 e. The molecule has 1 atom stereocenters. The summed E-state index contributed by atoms with van der Waals surface area (Å²) >= 11 is 0. The topological polar surface area (TPSA) is 86.5 Å². The standard InChI is InChI=1S/C11H17N3O4/c1-4-18-8(2)7-12-11-9(14(15)16)5-6-10(13-11)17-3/h5-6,8H,4,7H2,1-3H3,(H,12,13). The van der Waals surface area contributed by atoms with Gasteiger partial charge >= 0.3 is 5.69 Å². The lowest BCUT2D eigenvalue weighted by molar-refractivity contribution is -0.384. The fraction of sp³-hybridized carbons (Fsp3) is 0.545. The minimum absolute atomic E-state index is 0.0531. The Bertz CT molecular complexity index is 411. The van der Waals surface area contributed by atoms with Gasteiger partial charge in [0.15, 0.2) is 0 Å². The second-order valence-corrected chi connectivity index (χ2v) is 3.63. The predicted molar refractivity (Wildman–Crippen MR) is 67.0 cm³/mol. The zero-order valence-corrected chi connectivity index (χ0v) is 10.7. The van der Waals surface area contributed by atoms with Crippen LogP contribution >= 0.6 is 0 Å². The molecule has 7 nitrogen and oxygen atoms in total. The molecule has 1 N–H and O–H groups in total. The molecule has 1 rings (SSSR count). The number of pyridine rings is 1. The Morgan fingerprint density at radius 1 is 1.56 bits per heavy atom. The molecule has 0 bridgehead atoms. The molecule has 0 aliphatic heterocycles. The molecule has 0 amide bonds. The maximum atomic E-state index is 10.8. The normalized spacial score (nSPS) is 11.9. The fourth-order valence-corrected chi connectivity index (χ4v) is 1.41. The Labute approximate surface area is 105 Å². The highest BCUT2D eigenvalue weighted by Crippen LogP contribution is 2.24. The van der Waals surface area contributed by atoms with Gasteiger partial charge in [-0.05, 0) is 13.8 Å². The Balaban J connectivity index is 2.80. The summed E-state index contributed by atoms with van der Waals surface area (Å²) in [5.74, 6) is 0.512. The average molecular weight is 255 g/mol. The third-order valence-electron chi connectivity index (χ3n) is 2.26. The molecule has 100 valence electrons. The number of methoxy groups -OCH3 is 1. The molecule has 0 aliphatic carbocycles. The van der Waals surface area contributed by atoms with Crippen LogP contribution in [0.15, 0.2) is 12.1 Å². The van der Waals surface area contributed by atoms with Crippen molar-refractivity contribution in [1.82, 2.24) is 4.98 Å². The molecule has 0 fully saturated rings. The van der Waals surface area contributed by atoms with Crippen LogP contribution in [0.2, 0.25) is 0 Å². The molecule has 1 unspecified atom stereocenters. The van der Waals surface area contributed by atoms with Gasteiger partial charge in [0.1, 0.15) is 0 Å². The van der Waals surface area contributed by atoms with Crippen LogP contribution < -0.4 is 10.1 Å². The van der Waals surface area contributed by atoms with E-state index in [0.29, 0.717) is 19.0 Å². The van der Waals surface area contributed by atoms with E-state index in [2.05, 4.69) is 10.3 Å². The summed E-state index contributed by atoms with van der Waals surface area (Å²) in [6, 6.07) is 2.81. The Morgan fingerprint density at radius 2 is 2.28 bits per heavy atom. The molecule has 1 heterocycles. The molecule has 1 aromatic rings. The van der Waals surface area contributed by atoms with E-state index in [4.69, 9.17) is 9.47 Å². The Kier molecular flexibility index (Phi) is 5.31. The van der Waals surface area contributed by atoms with Crippen molar-refractivity contribution in [3.8, 4) is 5.88 Å². The lowest BCUT2D eigenvalue weighted by Gasteiger charge is -2.13. The van der Waals surface area contributed by atoms with Crippen LogP contribution in [-0.2, 0) is 4.74 Å². The van der Waals surface area contributed by atoms with Crippen LogP contribution in [0.3, 0.4) is 0 Å². The molecular formula is C11H17N3O4. The lowest BCUT2D eigenvalue weighted by Crippen LogP contribution is -2.20. The van der Waals surface area contributed by atoms with Gasteiger partial charge in [-0.2, -0.15) is 4.98 Å². The zero-order chi connectivity index (χ0) is 13.5. The van der Waals surface area contributed by atoms with Gasteiger partial charge in [-0.3, -0.25) is 10.1 Å². The van der Waals surface area contributed by atoms with Crippen molar-refractivity contribution < 1.29 is 14.4 Å². The van der Waals surface area contributed by atoms with Crippen LogP contribution in [0, 0.1) is 10.1 Å². The van der Waals surface area contributed by atoms with Gasteiger partial charge in [0.05, 0.1) is 18.1 Å². The van der Waals surface area contributed by atoms with Crippen LogP contribution in [0.25, 0.3) is 0 Å². The predicted octanol–water partition coefficient (Wildman–Crippen LogP) is 1.84. The number of hydrogen-bond donors (Lipinski definition) is 1. The van der Waals surface area contributed by atoms with Crippen molar-refractivity contribution in [2.45, 2.75) is 20.0 Å². The van der Waals surface area contributed by atoms with E-state index >= 15 is 0 Å². The molecule has 0 spiro atoms. The van der Waals surface area contributed by atoms with Crippen molar-refractivity contribution in [3.05, 3.63) is 22.2 Å². The summed E-state index contributed by atoms with van der Waals surface area (Å²) in [6.45, 7) is 4.80. The number of hydrogen-bond acceptors (Lipinski definition) is 6. The summed E-state index contributed by atoms with van der Waals surface area (Å²) in [5.41, 5.74) is -0.0838. The van der Waals surface area contributed by atoms with E-state index in [1.165, 1.54) is 19.2 Å². The number of nitrogens with zero attached hydrogens (tertiary/aromatic N) is 2. The van der Waals surface area contributed by atoms with Gasteiger partial charge in [-0.15, -0.1) is 0 Å². The van der Waals surface area contributed by atoms with E-state index in [0.717, 1.165) is 0 Å². The van der Waals surface area contributed by atoms with Gasteiger partial charge in [0.25, 0.3) is 0 Å². The fourth-order valence-electron chi connectivity index (χ4n) is 1.41. The molecule has 18 heavy (non-hydrogen) atoms. The van der Waals surface area contributed by atoms with Gasteiger partial charge in [0, 0.05) is 25.3 Å². The van der Waals surface area contributed by atoms with Gasteiger partial charge in [-0.1, -0.05) is 0 Å². The summed E-state index contributed by atoms with van der Waals surface area (Å²) < 4.78 is 10.3. The van der Waals surface area contributed by atoms with E-state index < -0.39 is 4.92 Å². The Morgan fingerprint density at radius 3 is 2.83 bits per heavy atom.